The number of hydrogen-bond acceptors (Lipinski definition) is 1. The number of benzene rings is 1. The van der Waals surface area contributed by atoms with Gasteiger partial charge in [-0.1, -0.05) is 35.8 Å². The van der Waals surface area contributed by atoms with Gasteiger partial charge in [-0.2, -0.15) is 13.2 Å². The minimum absolute atomic E-state index is 0.293. The zero-order valence-corrected chi connectivity index (χ0v) is 12.8. The Morgan fingerprint density at radius 2 is 1.68 bits per heavy atom. The second kappa shape index (κ2) is 7.17. The number of nitrogens with zero attached hydrogens (tertiary/aromatic N) is 1. The molecule has 0 atom stereocenters. The molecule has 1 aromatic rings. The first-order valence-electron chi connectivity index (χ1n) is 6.45. The third-order valence-electron chi connectivity index (χ3n) is 2.85. The number of alkyl halides is 4. The van der Waals surface area contributed by atoms with Crippen LogP contribution in [0.2, 0.25) is 0 Å². The fraction of sp³-hybridized carbons (Fsp3) is 0.571. The van der Waals surface area contributed by atoms with Gasteiger partial charge in [0.1, 0.15) is 0 Å². The molecule has 108 valence electrons. The van der Waals surface area contributed by atoms with Crippen LogP contribution in [0.1, 0.15) is 37.8 Å². The fourth-order valence-corrected chi connectivity index (χ4v) is 2.41. The molecule has 0 heterocycles. The lowest BCUT2D eigenvalue weighted by molar-refractivity contribution is -0.137. The molecule has 0 bridgehead atoms. The zero-order valence-electron chi connectivity index (χ0n) is 11.2. The summed E-state index contributed by atoms with van der Waals surface area (Å²) in [6.07, 6.45) is -2.65. The van der Waals surface area contributed by atoms with E-state index < -0.39 is 11.7 Å². The van der Waals surface area contributed by atoms with Gasteiger partial charge in [0, 0.05) is 24.1 Å². The Morgan fingerprint density at radius 1 is 1.11 bits per heavy atom. The van der Waals surface area contributed by atoms with Crippen LogP contribution in [0.3, 0.4) is 0 Å². The van der Waals surface area contributed by atoms with E-state index in [4.69, 9.17) is 0 Å². The Balaban J connectivity index is 3.23. The highest BCUT2D eigenvalue weighted by molar-refractivity contribution is 9.08. The highest BCUT2D eigenvalue weighted by atomic mass is 79.9. The van der Waals surface area contributed by atoms with E-state index in [9.17, 15) is 13.2 Å². The molecule has 0 aliphatic carbocycles. The quantitative estimate of drug-likeness (QED) is 0.642. The van der Waals surface area contributed by atoms with Gasteiger partial charge in [-0.05, 0) is 30.5 Å². The van der Waals surface area contributed by atoms with E-state index in [2.05, 4.69) is 15.9 Å². The van der Waals surface area contributed by atoms with Crippen LogP contribution in [0.5, 0.6) is 0 Å². The van der Waals surface area contributed by atoms with Crippen molar-refractivity contribution >= 4 is 21.6 Å². The Hall–Kier alpha value is -0.710. The zero-order chi connectivity index (χ0) is 14.5. The van der Waals surface area contributed by atoms with E-state index in [-0.39, 0.29) is 0 Å². The Labute approximate surface area is 120 Å². The normalized spacial score (nSPS) is 11.7. The smallest absolute Gasteiger partial charge is 0.371 e. The van der Waals surface area contributed by atoms with Crippen LogP contribution >= 0.6 is 15.9 Å². The van der Waals surface area contributed by atoms with E-state index >= 15 is 0 Å². The van der Waals surface area contributed by atoms with Crippen LogP contribution in [-0.4, -0.2) is 13.1 Å². The molecule has 5 heteroatoms. The summed E-state index contributed by atoms with van der Waals surface area (Å²) in [5, 5.41) is 0.428. The second-order valence-corrected chi connectivity index (χ2v) is 5.03. The molecule has 0 fully saturated rings. The molecule has 0 unspecified atom stereocenters. The molecule has 0 aliphatic rings. The molecular weight excluding hydrogens is 319 g/mol. The van der Waals surface area contributed by atoms with Crippen LogP contribution in [0.4, 0.5) is 18.9 Å². The first-order valence-corrected chi connectivity index (χ1v) is 7.57. The highest BCUT2D eigenvalue weighted by Crippen LogP contribution is 2.37. The van der Waals surface area contributed by atoms with Crippen molar-refractivity contribution in [2.75, 3.05) is 18.0 Å². The lowest BCUT2D eigenvalue weighted by Gasteiger charge is -2.27. The number of hydrogen-bond donors (Lipinski definition) is 0. The molecule has 0 aliphatic heterocycles. The highest BCUT2D eigenvalue weighted by Gasteiger charge is 2.34. The van der Waals surface area contributed by atoms with Crippen LogP contribution in [0.25, 0.3) is 0 Å². The van der Waals surface area contributed by atoms with Crippen LogP contribution < -0.4 is 4.90 Å². The summed E-state index contributed by atoms with van der Waals surface area (Å²) in [7, 11) is 0. The lowest BCUT2D eigenvalue weighted by atomic mass is 10.1. The van der Waals surface area contributed by atoms with E-state index in [0.29, 0.717) is 29.7 Å². The van der Waals surface area contributed by atoms with Crippen molar-refractivity contribution in [2.24, 2.45) is 0 Å². The van der Waals surface area contributed by atoms with Crippen molar-refractivity contribution < 1.29 is 13.2 Å². The van der Waals surface area contributed by atoms with E-state index in [0.717, 1.165) is 12.8 Å². The molecule has 0 amide bonds. The molecule has 0 saturated heterocycles. The minimum Gasteiger partial charge on any atom is -0.371 e. The molecule has 0 spiro atoms. The third kappa shape index (κ3) is 4.41. The van der Waals surface area contributed by atoms with Gasteiger partial charge < -0.3 is 4.90 Å². The first-order chi connectivity index (χ1) is 8.93. The minimum atomic E-state index is -4.31. The van der Waals surface area contributed by atoms with Crippen molar-refractivity contribution in [2.45, 2.75) is 38.2 Å². The van der Waals surface area contributed by atoms with Crippen LogP contribution in [0, 0.1) is 0 Å². The molecule has 0 saturated carbocycles. The number of rotatable bonds is 6. The summed E-state index contributed by atoms with van der Waals surface area (Å²) in [6.45, 7) is 5.24. The first kappa shape index (κ1) is 16.3. The Kier molecular flexibility index (Phi) is 6.17. The topological polar surface area (TPSA) is 3.24 Å². The summed E-state index contributed by atoms with van der Waals surface area (Å²) in [5.74, 6) is 0. The maximum atomic E-state index is 13.2. The van der Waals surface area contributed by atoms with Crippen LogP contribution in [-0.2, 0) is 11.5 Å². The van der Waals surface area contributed by atoms with Crippen molar-refractivity contribution in [3.63, 3.8) is 0 Å². The predicted molar refractivity (Wildman–Crippen MR) is 76.9 cm³/mol. The van der Waals surface area contributed by atoms with Crippen molar-refractivity contribution in [3.8, 4) is 0 Å². The fourth-order valence-electron chi connectivity index (χ4n) is 2.06. The largest absolute Gasteiger partial charge is 0.418 e. The Bertz CT molecular complexity index is 398. The number of halogens is 4. The van der Waals surface area contributed by atoms with Gasteiger partial charge >= 0.3 is 6.18 Å². The van der Waals surface area contributed by atoms with Crippen LogP contribution in [0.15, 0.2) is 18.2 Å². The molecule has 0 radical (unpaired) electrons. The van der Waals surface area contributed by atoms with Gasteiger partial charge in [-0.3, -0.25) is 0 Å². The van der Waals surface area contributed by atoms with Gasteiger partial charge in [0.15, 0.2) is 0 Å². The molecule has 1 nitrogen and oxygen atoms in total. The van der Waals surface area contributed by atoms with Gasteiger partial charge in [0.2, 0.25) is 0 Å². The predicted octanol–water partition coefficient (Wildman–Crippen LogP) is 5.23. The molecule has 1 aromatic carbocycles. The van der Waals surface area contributed by atoms with E-state index in [1.54, 1.807) is 12.1 Å². The summed E-state index contributed by atoms with van der Waals surface area (Å²) in [4.78, 5) is 1.82. The molecule has 0 N–H and O–H groups in total. The third-order valence-corrected chi connectivity index (χ3v) is 3.50. The SMILES string of the molecule is CCCN(CCC)c1ccc(CBr)cc1C(F)(F)F. The number of anilines is 1. The average Bonchev–Trinajstić information content (AvgIpc) is 2.37. The van der Waals surface area contributed by atoms with E-state index in [1.165, 1.54) is 6.07 Å². The summed E-state index contributed by atoms with van der Waals surface area (Å²) < 4.78 is 39.5. The summed E-state index contributed by atoms with van der Waals surface area (Å²) >= 11 is 3.20. The van der Waals surface area contributed by atoms with Crippen molar-refractivity contribution in [3.05, 3.63) is 29.3 Å². The summed E-state index contributed by atoms with van der Waals surface area (Å²) in [5.41, 5.74) is 0.399. The second-order valence-electron chi connectivity index (χ2n) is 4.47. The average molecular weight is 338 g/mol. The van der Waals surface area contributed by atoms with Gasteiger partial charge in [0.25, 0.3) is 0 Å². The maximum absolute atomic E-state index is 13.2. The maximum Gasteiger partial charge on any atom is 0.418 e. The standard InChI is InChI=1S/C14H19BrF3N/c1-3-7-19(8-4-2)13-6-5-11(10-15)9-12(13)14(16,17)18/h5-6,9H,3-4,7-8,10H2,1-2H3. The Morgan fingerprint density at radius 3 is 2.11 bits per heavy atom. The molecule has 0 aromatic heterocycles. The van der Waals surface area contributed by atoms with Gasteiger partial charge in [-0.25, -0.2) is 0 Å². The molecular formula is C14H19BrF3N. The van der Waals surface area contributed by atoms with Crippen molar-refractivity contribution in [1.29, 1.82) is 0 Å². The summed E-state index contributed by atoms with van der Waals surface area (Å²) in [6, 6.07) is 4.57. The van der Waals surface area contributed by atoms with E-state index in [1.807, 2.05) is 18.7 Å². The van der Waals surface area contributed by atoms with Gasteiger partial charge in [-0.15, -0.1) is 0 Å². The van der Waals surface area contributed by atoms with Gasteiger partial charge in [0.05, 0.1) is 5.56 Å². The van der Waals surface area contributed by atoms with Crippen molar-refractivity contribution in [1.82, 2.24) is 0 Å². The monoisotopic (exact) mass is 337 g/mol. The molecule has 1 rings (SSSR count). The lowest BCUT2D eigenvalue weighted by Crippen LogP contribution is -2.27. The molecule has 19 heavy (non-hydrogen) atoms.